The minimum Gasteiger partial charge on any atom is -0.465 e. The first-order chi connectivity index (χ1) is 12.5. The van der Waals surface area contributed by atoms with E-state index in [1.807, 2.05) is 6.92 Å². The van der Waals surface area contributed by atoms with Crippen molar-refractivity contribution in [3.05, 3.63) is 33.8 Å². The summed E-state index contributed by atoms with van der Waals surface area (Å²) < 4.78 is 11.4. The van der Waals surface area contributed by atoms with Gasteiger partial charge < -0.3 is 14.4 Å². The normalized spacial score (nSPS) is 26.2. The number of ether oxygens (including phenoxy) is 2. The maximum absolute atomic E-state index is 12.7. The first-order valence-corrected chi connectivity index (χ1v) is 9.76. The number of likely N-dealkylation sites (tertiary alicyclic amines) is 1. The van der Waals surface area contributed by atoms with Crippen molar-refractivity contribution in [1.29, 1.82) is 0 Å². The molecule has 142 valence electrons. The second kappa shape index (κ2) is 8.59. The van der Waals surface area contributed by atoms with Gasteiger partial charge in [-0.25, -0.2) is 0 Å². The highest BCUT2D eigenvalue weighted by atomic mass is 35.5. The molecule has 0 N–H and O–H groups in total. The Labute approximate surface area is 163 Å². The molecule has 0 radical (unpaired) electrons. The van der Waals surface area contributed by atoms with Crippen LogP contribution >= 0.6 is 23.2 Å². The number of carbonyl (C=O) groups is 2. The maximum Gasteiger partial charge on any atom is 0.311 e. The Balaban J connectivity index is 1.64. The van der Waals surface area contributed by atoms with Gasteiger partial charge in [-0.05, 0) is 31.9 Å². The third-order valence-corrected chi connectivity index (χ3v) is 5.59. The standard InChI is InChI=1S/C19H23Cl2NO4/c1-2-22-10-12(8-17(22)23)11-26-19(24)15-4-3-7-25-18(15)14-6-5-13(20)9-16(14)21/h5-6,9,12,15,18H,2-4,7-8,10-11H2,1H3/t12-,15+,18-/m1/s1. The zero-order valence-corrected chi connectivity index (χ0v) is 16.3. The number of carbonyl (C=O) groups excluding carboxylic acids is 2. The molecule has 1 amide bonds. The van der Waals surface area contributed by atoms with Crippen LogP contribution in [0.25, 0.3) is 0 Å². The lowest BCUT2D eigenvalue weighted by molar-refractivity contribution is -0.160. The molecule has 2 aliphatic heterocycles. The summed E-state index contributed by atoms with van der Waals surface area (Å²) in [5, 5.41) is 1.03. The minimum atomic E-state index is -0.432. The lowest BCUT2D eigenvalue weighted by atomic mass is 9.89. The molecule has 2 aliphatic rings. The molecule has 0 saturated carbocycles. The Morgan fingerprint density at radius 2 is 2.19 bits per heavy atom. The summed E-state index contributed by atoms with van der Waals surface area (Å²) in [4.78, 5) is 26.3. The average Bonchev–Trinajstić information content (AvgIpc) is 2.99. The van der Waals surface area contributed by atoms with Crippen LogP contribution in [0.15, 0.2) is 18.2 Å². The van der Waals surface area contributed by atoms with Gasteiger partial charge in [0.2, 0.25) is 5.91 Å². The van der Waals surface area contributed by atoms with E-state index in [2.05, 4.69) is 0 Å². The third kappa shape index (κ3) is 4.33. The van der Waals surface area contributed by atoms with Gasteiger partial charge in [-0.3, -0.25) is 9.59 Å². The Bertz CT molecular complexity index is 682. The third-order valence-electron chi connectivity index (χ3n) is 5.03. The molecule has 0 aliphatic carbocycles. The van der Waals surface area contributed by atoms with E-state index in [1.165, 1.54) is 0 Å². The maximum atomic E-state index is 12.7. The molecule has 1 aromatic rings. The van der Waals surface area contributed by atoms with Gasteiger partial charge >= 0.3 is 5.97 Å². The molecule has 7 heteroatoms. The Kier molecular flexibility index (Phi) is 6.43. The van der Waals surface area contributed by atoms with Crippen molar-refractivity contribution >= 4 is 35.1 Å². The highest BCUT2D eigenvalue weighted by molar-refractivity contribution is 6.35. The van der Waals surface area contributed by atoms with Crippen molar-refractivity contribution in [2.45, 2.75) is 32.3 Å². The Hall–Kier alpha value is -1.30. The SMILES string of the molecule is CCN1C[C@H](COC(=O)[C@H]2CCCO[C@@H]2c2ccc(Cl)cc2Cl)CC1=O. The molecule has 0 bridgehead atoms. The zero-order valence-electron chi connectivity index (χ0n) is 14.7. The Morgan fingerprint density at radius 3 is 2.88 bits per heavy atom. The fourth-order valence-corrected chi connectivity index (χ4v) is 4.16. The quantitative estimate of drug-likeness (QED) is 0.705. The second-order valence-corrected chi connectivity index (χ2v) is 7.68. The van der Waals surface area contributed by atoms with Crippen LogP contribution in [0.4, 0.5) is 0 Å². The van der Waals surface area contributed by atoms with Crippen LogP contribution in [0.1, 0.15) is 37.9 Å². The molecule has 3 rings (SSSR count). The first kappa shape index (κ1) is 19.5. The number of amides is 1. The second-order valence-electron chi connectivity index (χ2n) is 6.84. The van der Waals surface area contributed by atoms with Gasteiger partial charge in [-0.15, -0.1) is 0 Å². The van der Waals surface area contributed by atoms with E-state index in [0.717, 1.165) is 12.0 Å². The molecule has 2 fully saturated rings. The van der Waals surface area contributed by atoms with Gasteiger partial charge in [-0.2, -0.15) is 0 Å². The number of nitrogens with zero attached hydrogens (tertiary/aromatic N) is 1. The Morgan fingerprint density at radius 1 is 1.38 bits per heavy atom. The molecule has 26 heavy (non-hydrogen) atoms. The molecule has 2 saturated heterocycles. The predicted molar refractivity (Wildman–Crippen MR) is 99.2 cm³/mol. The highest BCUT2D eigenvalue weighted by Crippen LogP contribution is 2.38. The number of hydrogen-bond acceptors (Lipinski definition) is 4. The van der Waals surface area contributed by atoms with E-state index >= 15 is 0 Å². The summed E-state index contributed by atoms with van der Waals surface area (Å²) in [6, 6.07) is 5.20. The monoisotopic (exact) mass is 399 g/mol. The van der Waals surface area contributed by atoms with Crippen LogP contribution < -0.4 is 0 Å². The molecule has 3 atom stereocenters. The molecular weight excluding hydrogens is 377 g/mol. The van der Waals surface area contributed by atoms with Gasteiger partial charge in [0.05, 0.1) is 18.6 Å². The van der Waals surface area contributed by atoms with E-state index < -0.39 is 12.0 Å². The molecule has 0 spiro atoms. The summed E-state index contributed by atoms with van der Waals surface area (Å²) in [5.74, 6) is -0.501. The topological polar surface area (TPSA) is 55.8 Å². The van der Waals surface area contributed by atoms with Crippen LogP contribution in [0.2, 0.25) is 10.0 Å². The molecule has 1 aromatic carbocycles. The zero-order chi connectivity index (χ0) is 18.7. The number of benzene rings is 1. The van der Waals surface area contributed by atoms with E-state index in [0.29, 0.717) is 42.6 Å². The van der Waals surface area contributed by atoms with Gasteiger partial charge in [0, 0.05) is 47.6 Å². The van der Waals surface area contributed by atoms with E-state index in [4.69, 9.17) is 32.7 Å². The molecular formula is C19H23Cl2NO4. The number of esters is 1. The fraction of sp³-hybridized carbons (Fsp3) is 0.579. The lowest BCUT2D eigenvalue weighted by Crippen LogP contribution is -2.32. The van der Waals surface area contributed by atoms with Crippen LogP contribution in [0, 0.1) is 11.8 Å². The molecule has 0 aromatic heterocycles. The van der Waals surface area contributed by atoms with Gasteiger partial charge in [-0.1, -0.05) is 29.3 Å². The van der Waals surface area contributed by atoms with Crippen molar-refractivity contribution in [2.75, 3.05) is 26.3 Å². The fourth-order valence-electron chi connectivity index (χ4n) is 3.64. The van der Waals surface area contributed by atoms with Crippen molar-refractivity contribution in [1.82, 2.24) is 4.90 Å². The highest BCUT2D eigenvalue weighted by Gasteiger charge is 2.36. The van der Waals surface area contributed by atoms with E-state index in [-0.39, 0.29) is 24.4 Å². The molecule has 5 nitrogen and oxygen atoms in total. The minimum absolute atomic E-state index is 0.0634. The summed E-state index contributed by atoms with van der Waals surface area (Å²) in [6.45, 7) is 4.13. The summed E-state index contributed by atoms with van der Waals surface area (Å²) in [7, 11) is 0. The number of rotatable bonds is 5. The average molecular weight is 400 g/mol. The van der Waals surface area contributed by atoms with Crippen molar-refractivity contribution < 1.29 is 19.1 Å². The summed E-state index contributed by atoms with van der Waals surface area (Å²) >= 11 is 12.3. The van der Waals surface area contributed by atoms with Crippen molar-refractivity contribution in [2.24, 2.45) is 11.8 Å². The van der Waals surface area contributed by atoms with Crippen LogP contribution in [-0.4, -0.2) is 43.1 Å². The lowest BCUT2D eigenvalue weighted by Gasteiger charge is -2.31. The van der Waals surface area contributed by atoms with E-state index in [9.17, 15) is 9.59 Å². The van der Waals surface area contributed by atoms with Crippen molar-refractivity contribution in [3.8, 4) is 0 Å². The molecule has 0 unspecified atom stereocenters. The smallest absolute Gasteiger partial charge is 0.311 e. The predicted octanol–water partition coefficient (Wildman–Crippen LogP) is 3.87. The van der Waals surface area contributed by atoms with Gasteiger partial charge in [0.1, 0.15) is 0 Å². The molecule has 2 heterocycles. The largest absolute Gasteiger partial charge is 0.465 e. The van der Waals surface area contributed by atoms with Crippen LogP contribution in [0.3, 0.4) is 0 Å². The van der Waals surface area contributed by atoms with Crippen LogP contribution in [0.5, 0.6) is 0 Å². The summed E-state index contributed by atoms with van der Waals surface area (Å²) in [5.41, 5.74) is 0.755. The van der Waals surface area contributed by atoms with Crippen LogP contribution in [-0.2, 0) is 19.1 Å². The van der Waals surface area contributed by atoms with Gasteiger partial charge in [0.25, 0.3) is 0 Å². The van der Waals surface area contributed by atoms with E-state index in [1.54, 1.807) is 23.1 Å². The van der Waals surface area contributed by atoms with Crippen molar-refractivity contribution in [3.63, 3.8) is 0 Å². The number of halogens is 2. The number of hydrogen-bond donors (Lipinski definition) is 0. The van der Waals surface area contributed by atoms with Gasteiger partial charge in [0.15, 0.2) is 0 Å². The summed E-state index contributed by atoms with van der Waals surface area (Å²) in [6.07, 6.45) is 1.49. The first-order valence-electron chi connectivity index (χ1n) is 9.00.